The van der Waals surface area contributed by atoms with Crippen LogP contribution in [0.5, 0.6) is 5.75 Å². The smallest absolute Gasteiger partial charge is 0.325 e. The van der Waals surface area contributed by atoms with E-state index in [1.54, 1.807) is 12.1 Å². The quantitative estimate of drug-likeness (QED) is 0.272. The fourth-order valence-corrected chi connectivity index (χ4v) is 5.01. The van der Waals surface area contributed by atoms with Crippen molar-refractivity contribution >= 4 is 33.4 Å². The summed E-state index contributed by atoms with van der Waals surface area (Å²) in [4.78, 5) is 13.2. The van der Waals surface area contributed by atoms with Gasteiger partial charge in [-0.1, -0.05) is 12.1 Å². The molecule has 186 valence electrons. The third kappa shape index (κ3) is 4.48. The zero-order chi connectivity index (χ0) is 24.9. The van der Waals surface area contributed by atoms with Gasteiger partial charge in [-0.3, -0.25) is 14.7 Å². The van der Waals surface area contributed by atoms with Gasteiger partial charge in [-0.2, -0.15) is 5.10 Å². The number of pyridine rings is 1. The second-order valence-electron chi connectivity index (χ2n) is 10.5. The standard InChI is InChI=1S/C28H30N4O4/c1-28(34)12-10-21(11-13-28)31-16-20-14-23(26(15-22(20)30-31)36-17-18-6-7-18)29-27(33)25-9-8-19-4-2-3-5-24(19)32(25)35/h2-5,8-9,14-16,18,21,34H,6-7,10-13,17H2,1H3,(H-,29,33,35)/p+1. The van der Waals surface area contributed by atoms with Gasteiger partial charge >= 0.3 is 11.6 Å². The summed E-state index contributed by atoms with van der Waals surface area (Å²) in [6, 6.07) is 14.8. The molecular weight excluding hydrogens is 456 g/mol. The van der Waals surface area contributed by atoms with Crippen molar-refractivity contribution < 1.29 is 24.6 Å². The summed E-state index contributed by atoms with van der Waals surface area (Å²) in [6.07, 6.45) is 7.55. The van der Waals surface area contributed by atoms with Crippen molar-refractivity contribution in [2.45, 2.75) is 57.1 Å². The number of carbonyl (C=O) groups excluding carboxylic acids is 1. The van der Waals surface area contributed by atoms with Crippen LogP contribution in [-0.4, -0.2) is 38.2 Å². The largest absolute Gasteiger partial charge is 0.491 e. The van der Waals surface area contributed by atoms with Crippen LogP contribution in [0, 0.1) is 5.92 Å². The maximum Gasteiger partial charge on any atom is 0.325 e. The summed E-state index contributed by atoms with van der Waals surface area (Å²) in [5, 5.41) is 30.5. The van der Waals surface area contributed by atoms with Gasteiger partial charge in [0.2, 0.25) is 0 Å². The molecular formula is C28H31N4O4+. The van der Waals surface area contributed by atoms with Crippen LogP contribution in [0.4, 0.5) is 5.69 Å². The molecule has 8 heteroatoms. The predicted octanol–water partition coefficient (Wildman–Crippen LogP) is 4.62. The summed E-state index contributed by atoms with van der Waals surface area (Å²) in [7, 11) is 0. The highest BCUT2D eigenvalue weighted by Crippen LogP contribution is 2.37. The van der Waals surface area contributed by atoms with Crippen LogP contribution in [0.1, 0.15) is 62.0 Å². The first-order chi connectivity index (χ1) is 17.4. The summed E-state index contributed by atoms with van der Waals surface area (Å²) in [5.74, 6) is 0.697. The summed E-state index contributed by atoms with van der Waals surface area (Å²) >= 11 is 0. The van der Waals surface area contributed by atoms with Gasteiger partial charge in [0.05, 0.1) is 34.8 Å². The Hall–Kier alpha value is -3.65. The molecule has 2 saturated carbocycles. The molecule has 2 heterocycles. The molecule has 2 aliphatic carbocycles. The second kappa shape index (κ2) is 8.78. The average molecular weight is 488 g/mol. The molecule has 2 aromatic heterocycles. The van der Waals surface area contributed by atoms with E-state index in [4.69, 9.17) is 9.84 Å². The lowest BCUT2D eigenvalue weighted by Gasteiger charge is -2.33. The molecule has 3 N–H and O–H groups in total. The lowest BCUT2D eigenvalue weighted by molar-refractivity contribution is -0.885. The Bertz CT molecular complexity index is 1450. The molecule has 2 aliphatic rings. The van der Waals surface area contributed by atoms with Crippen LogP contribution in [0.25, 0.3) is 21.8 Å². The lowest BCUT2D eigenvalue weighted by Crippen LogP contribution is -2.40. The van der Waals surface area contributed by atoms with E-state index in [9.17, 15) is 15.1 Å². The van der Waals surface area contributed by atoms with Crippen molar-refractivity contribution in [1.82, 2.24) is 9.78 Å². The molecule has 2 fully saturated rings. The van der Waals surface area contributed by atoms with E-state index in [1.165, 1.54) is 0 Å². The van der Waals surface area contributed by atoms with Crippen LogP contribution >= 0.6 is 0 Å². The molecule has 0 saturated heterocycles. The van der Waals surface area contributed by atoms with Gasteiger partial charge in [-0.25, -0.2) is 0 Å². The van der Waals surface area contributed by atoms with E-state index < -0.39 is 11.5 Å². The number of hydrogen-bond acceptors (Lipinski definition) is 5. The SMILES string of the molecule is CC1(O)CCC(n2cc3cc(NC(=O)c4ccc5ccccc5[n+]4O)c(OCC4CC4)cc3n2)CC1. The number of aliphatic hydroxyl groups is 1. The molecule has 1 amide bonds. The van der Waals surface area contributed by atoms with Crippen LogP contribution in [-0.2, 0) is 0 Å². The molecule has 0 radical (unpaired) electrons. The van der Waals surface area contributed by atoms with Gasteiger partial charge in [0.25, 0.3) is 5.52 Å². The lowest BCUT2D eigenvalue weighted by atomic mass is 9.84. The van der Waals surface area contributed by atoms with Crippen LogP contribution < -0.4 is 14.8 Å². The van der Waals surface area contributed by atoms with E-state index in [1.807, 2.05) is 54.2 Å². The molecule has 0 unspecified atom stereocenters. The number of benzene rings is 2. The number of nitrogens with zero attached hydrogens (tertiary/aromatic N) is 3. The van der Waals surface area contributed by atoms with Crippen molar-refractivity contribution in [1.29, 1.82) is 0 Å². The van der Waals surface area contributed by atoms with Crippen molar-refractivity contribution in [3.05, 3.63) is 60.4 Å². The Morgan fingerprint density at radius 3 is 2.69 bits per heavy atom. The Morgan fingerprint density at radius 1 is 1.14 bits per heavy atom. The van der Waals surface area contributed by atoms with Gasteiger partial charge < -0.3 is 15.2 Å². The minimum Gasteiger partial charge on any atom is -0.491 e. The molecule has 4 aromatic rings. The van der Waals surface area contributed by atoms with Crippen LogP contribution in [0.3, 0.4) is 0 Å². The Kier molecular flexibility index (Phi) is 5.56. The normalized spacial score (nSPS) is 22.1. The van der Waals surface area contributed by atoms with Gasteiger partial charge in [0.15, 0.2) is 0 Å². The first-order valence-electron chi connectivity index (χ1n) is 12.7. The number of amides is 1. The Balaban J connectivity index is 1.31. The van der Waals surface area contributed by atoms with Crippen LogP contribution in [0.2, 0.25) is 0 Å². The number of aromatic nitrogens is 3. The summed E-state index contributed by atoms with van der Waals surface area (Å²) in [6.45, 7) is 2.50. The van der Waals surface area contributed by atoms with Crippen molar-refractivity contribution in [3.63, 3.8) is 0 Å². The summed E-state index contributed by atoms with van der Waals surface area (Å²) < 4.78 is 9.03. The zero-order valence-electron chi connectivity index (χ0n) is 20.4. The first-order valence-corrected chi connectivity index (χ1v) is 12.7. The highest BCUT2D eigenvalue weighted by Gasteiger charge is 2.30. The van der Waals surface area contributed by atoms with Crippen molar-refractivity contribution in [3.8, 4) is 5.75 Å². The van der Waals surface area contributed by atoms with Gasteiger partial charge in [-0.15, -0.1) is 0 Å². The average Bonchev–Trinajstić information content (AvgIpc) is 3.60. The monoisotopic (exact) mass is 487 g/mol. The van der Waals surface area contributed by atoms with Crippen molar-refractivity contribution in [2.24, 2.45) is 5.92 Å². The minimum absolute atomic E-state index is 0.131. The zero-order valence-corrected chi connectivity index (χ0v) is 20.4. The molecule has 0 bridgehead atoms. The number of carbonyl (C=O) groups is 1. The van der Waals surface area contributed by atoms with Gasteiger partial charge in [-0.05, 0) is 69.6 Å². The molecule has 36 heavy (non-hydrogen) atoms. The summed E-state index contributed by atoms with van der Waals surface area (Å²) in [5.41, 5.74) is 1.44. The maximum absolute atomic E-state index is 13.2. The molecule has 0 aliphatic heterocycles. The predicted molar refractivity (Wildman–Crippen MR) is 135 cm³/mol. The van der Waals surface area contributed by atoms with Crippen LogP contribution in [0.15, 0.2) is 54.7 Å². The highest BCUT2D eigenvalue weighted by atomic mass is 16.5. The molecule has 8 nitrogen and oxygen atoms in total. The van der Waals surface area contributed by atoms with Crippen molar-refractivity contribution in [2.75, 3.05) is 11.9 Å². The fourth-order valence-electron chi connectivity index (χ4n) is 5.01. The van der Waals surface area contributed by atoms with Gasteiger partial charge in [0.1, 0.15) is 5.75 Å². The van der Waals surface area contributed by atoms with E-state index in [2.05, 4.69) is 5.32 Å². The number of ether oxygens (including phenoxy) is 1. The van der Waals surface area contributed by atoms with E-state index in [-0.39, 0.29) is 11.7 Å². The number of rotatable bonds is 6. The fraction of sp³-hybridized carbons (Fsp3) is 0.393. The third-order valence-electron chi connectivity index (χ3n) is 7.50. The van der Waals surface area contributed by atoms with E-state index in [0.29, 0.717) is 29.5 Å². The van der Waals surface area contributed by atoms with Gasteiger partial charge in [0, 0.05) is 34.5 Å². The number of para-hydroxylation sites is 1. The van der Waals surface area contributed by atoms with E-state index >= 15 is 0 Å². The maximum atomic E-state index is 13.2. The molecule has 6 rings (SSSR count). The topological polar surface area (TPSA) is 100 Å². The molecule has 0 atom stereocenters. The molecule has 0 spiro atoms. The number of anilines is 1. The minimum atomic E-state index is -0.601. The number of fused-ring (bicyclic) bond motifs is 2. The number of nitrogens with one attached hydrogen (secondary N) is 1. The highest BCUT2D eigenvalue weighted by molar-refractivity contribution is 6.04. The second-order valence-corrected chi connectivity index (χ2v) is 10.5. The van der Waals surface area contributed by atoms with E-state index in [0.717, 1.165) is 59.5 Å². The Morgan fingerprint density at radius 2 is 1.92 bits per heavy atom. The molecule has 2 aromatic carbocycles. The third-order valence-corrected chi connectivity index (χ3v) is 7.50. The number of hydrogen-bond donors (Lipinski definition) is 3. The first kappa shape index (κ1) is 22.8. The Labute approximate surface area is 209 Å².